The Kier molecular flexibility index (Phi) is 4.24. The minimum Gasteiger partial charge on any atom is -0.367 e. The summed E-state index contributed by atoms with van der Waals surface area (Å²) in [6.45, 7) is 5.51. The number of carbonyl (C=O) groups is 2. The quantitative estimate of drug-likeness (QED) is 0.630. The molecule has 1 rings (SSSR count). The Morgan fingerprint density at radius 1 is 1.39 bits per heavy atom. The van der Waals surface area contributed by atoms with Gasteiger partial charge in [0.15, 0.2) is 0 Å². The van der Waals surface area contributed by atoms with Gasteiger partial charge in [-0.25, -0.2) is 9.67 Å². The minimum atomic E-state index is -0.330. The van der Waals surface area contributed by atoms with Gasteiger partial charge in [0, 0.05) is 5.54 Å². The van der Waals surface area contributed by atoms with E-state index < -0.39 is 0 Å². The smallest absolute Gasteiger partial charge is 0.242 e. The molecule has 0 unspecified atom stereocenters. The molecule has 0 radical (unpaired) electrons. The van der Waals surface area contributed by atoms with Crippen molar-refractivity contribution >= 4 is 17.8 Å². The van der Waals surface area contributed by atoms with Crippen LogP contribution in [0.4, 0.5) is 5.95 Å². The molecule has 1 heterocycles. The van der Waals surface area contributed by atoms with Crippen LogP contribution < -0.4 is 16.4 Å². The van der Waals surface area contributed by atoms with E-state index in [9.17, 15) is 9.59 Å². The SMILES string of the molecule is CC(C)(C)NC(=O)CNC(=O)Cn1cnc(N)n1. The summed E-state index contributed by atoms with van der Waals surface area (Å²) in [5.41, 5.74) is 4.99. The van der Waals surface area contributed by atoms with Gasteiger partial charge in [0.2, 0.25) is 17.8 Å². The summed E-state index contributed by atoms with van der Waals surface area (Å²) < 4.78 is 1.30. The molecule has 1 aromatic rings. The Balaban J connectivity index is 2.31. The maximum Gasteiger partial charge on any atom is 0.242 e. The molecular weight excluding hydrogens is 236 g/mol. The first-order chi connectivity index (χ1) is 8.26. The van der Waals surface area contributed by atoms with Gasteiger partial charge < -0.3 is 16.4 Å². The van der Waals surface area contributed by atoms with Crippen LogP contribution in [0.5, 0.6) is 0 Å². The summed E-state index contributed by atoms with van der Waals surface area (Å²) in [4.78, 5) is 26.6. The highest BCUT2D eigenvalue weighted by Crippen LogP contribution is 1.97. The summed E-state index contributed by atoms with van der Waals surface area (Å²) in [5.74, 6) is -0.466. The zero-order chi connectivity index (χ0) is 13.8. The molecule has 0 spiro atoms. The van der Waals surface area contributed by atoms with Crippen LogP contribution >= 0.6 is 0 Å². The van der Waals surface area contributed by atoms with E-state index in [1.807, 2.05) is 20.8 Å². The van der Waals surface area contributed by atoms with E-state index in [4.69, 9.17) is 5.73 Å². The fraction of sp³-hybridized carbons (Fsp3) is 0.600. The number of nitrogens with two attached hydrogens (primary N) is 1. The summed E-state index contributed by atoms with van der Waals surface area (Å²) in [6, 6.07) is 0. The van der Waals surface area contributed by atoms with Crippen LogP contribution in [0.3, 0.4) is 0 Å². The summed E-state index contributed by atoms with van der Waals surface area (Å²) in [5, 5.41) is 8.98. The summed E-state index contributed by atoms with van der Waals surface area (Å²) in [6.07, 6.45) is 1.35. The fourth-order valence-electron chi connectivity index (χ4n) is 1.23. The average molecular weight is 254 g/mol. The predicted molar refractivity (Wildman–Crippen MR) is 65.3 cm³/mol. The molecule has 0 fully saturated rings. The monoisotopic (exact) mass is 254 g/mol. The number of rotatable bonds is 4. The third-order valence-corrected chi connectivity index (χ3v) is 1.82. The van der Waals surface area contributed by atoms with Gasteiger partial charge in [0.25, 0.3) is 0 Å². The van der Waals surface area contributed by atoms with Crippen molar-refractivity contribution in [3.05, 3.63) is 6.33 Å². The number of carbonyl (C=O) groups excluding carboxylic acids is 2. The Morgan fingerprint density at radius 3 is 2.56 bits per heavy atom. The maximum atomic E-state index is 11.5. The first-order valence-electron chi connectivity index (χ1n) is 5.49. The molecule has 8 nitrogen and oxygen atoms in total. The normalized spacial score (nSPS) is 11.1. The van der Waals surface area contributed by atoms with E-state index in [0.29, 0.717) is 0 Å². The average Bonchev–Trinajstić information content (AvgIpc) is 2.58. The highest BCUT2D eigenvalue weighted by molar-refractivity contribution is 5.84. The zero-order valence-corrected chi connectivity index (χ0v) is 10.7. The van der Waals surface area contributed by atoms with Crippen LogP contribution in [-0.4, -0.2) is 38.7 Å². The molecule has 4 N–H and O–H groups in total. The molecule has 0 aliphatic rings. The van der Waals surface area contributed by atoms with Crippen molar-refractivity contribution in [2.75, 3.05) is 12.3 Å². The van der Waals surface area contributed by atoms with Crippen molar-refractivity contribution < 1.29 is 9.59 Å². The van der Waals surface area contributed by atoms with Gasteiger partial charge in [-0.1, -0.05) is 0 Å². The van der Waals surface area contributed by atoms with Gasteiger partial charge in [0.1, 0.15) is 12.9 Å². The first kappa shape index (κ1) is 13.9. The Labute approximate surface area is 105 Å². The first-order valence-corrected chi connectivity index (χ1v) is 5.49. The minimum absolute atomic E-state index is 0.0208. The highest BCUT2D eigenvalue weighted by Gasteiger charge is 2.14. The van der Waals surface area contributed by atoms with E-state index in [0.717, 1.165) is 0 Å². The van der Waals surface area contributed by atoms with Gasteiger partial charge >= 0.3 is 0 Å². The lowest BCUT2D eigenvalue weighted by Crippen LogP contribution is -2.46. The fourth-order valence-corrected chi connectivity index (χ4v) is 1.23. The number of amides is 2. The van der Waals surface area contributed by atoms with E-state index in [-0.39, 0.29) is 36.4 Å². The standard InChI is InChI=1S/C10H18N6O2/c1-10(2,3)14-7(17)4-12-8(18)5-16-6-13-9(11)15-16/h6H,4-5H2,1-3H3,(H2,11,15)(H,12,18)(H,14,17). The molecule has 0 saturated carbocycles. The Bertz CT molecular complexity index is 434. The summed E-state index contributed by atoms with van der Waals surface area (Å²) >= 11 is 0. The third-order valence-electron chi connectivity index (χ3n) is 1.82. The number of nitrogens with zero attached hydrogens (tertiary/aromatic N) is 3. The largest absolute Gasteiger partial charge is 0.367 e. The molecule has 18 heavy (non-hydrogen) atoms. The molecule has 0 aliphatic heterocycles. The lowest BCUT2D eigenvalue weighted by molar-refractivity contribution is -0.127. The van der Waals surface area contributed by atoms with Crippen molar-refractivity contribution in [3.8, 4) is 0 Å². The van der Waals surface area contributed by atoms with Gasteiger partial charge in [-0.2, -0.15) is 0 Å². The third kappa shape index (κ3) is 5.28. The van der Waals surface area contributed by atoms with E-state index >= 15 is 0 Å². The molecule has 0 bridgehead atoms. The zero-order valence-electron chi connectivity index (χ0n) is 10.7. The van der Waals surface area contributed by atoms with Crippen LogP contribution in [0, 0.1) is 0 Å². The van der Waals surface area contributed by atoms with E-state index in [2.05, 4.69) is 20.7 Å². The molecule has 0 saturated heterocycles. The predicted octanol–water partition coefficient (Wildman–Crippen LogP) is -1.11. The Morgan fingerprint density at radius 2 is 2.06 bits per heavy atom. The van der Waals surface area contributed by atoms with Crippen molar-refractivity contribution in [3.63, 3.8) is 0 Å². The molecule has 0 atom stereocenters. The van der Waals surface area contributed by atoms with Gasteiger partial charge in [-0.05, 0) is 20.8 Å². The molecule has 2 amide bonds. The molecular formula is C10H18N6O2. The van der Waals surface area contributed by atoms with Crippen LogP contribution in [-0.2, 0) is 16.1 Å². The molecule has 0 aromatic carbocycles. The number of anilines is 1. The van der Waals surface area contributed by atoms with Crippen molar-refractivity contribution in [1.29, 1.82) is 0 Å². The molecule has 100 valence electrons. The number of aromatic nitrogens is 3. The van der Waals surface area contributed by atoms with Crippen LogP contribution in [0.1, 0.15) is 20.8 Å². The number of hydrogen-bond donors (Lipinski definition) is 3. The lowest BCUT2D eigenvalue weighted by Gasteiger charge is -2.20. The number of nitrogen functional groups attached to an aromatic ring is 1. The molecule has 8 heteroatoms. The van der Waals surface area contributed by atoms with Gasteiger partial charge in [0.05, 0.1) is 6.54 Å². The van der Waals surface area contributed by atoms with Crippen LogP contribution in [0.15, 0.2) is 6.33 Å². The summed E-state index contributed by atoms with van der Waals surface area (Å²) in [7, 11) is 0. The maximum absolute atomic E-state index is 11.5. The molecule has 1 aromatic heterocycles. The van der Waals surface area contributed by atoms with Crippen molar-refractivity contribution in [2.24, 2.45) is 0 Å². The second kappa shape index (κ2) is 5.48. The van der Waals surface area contributed by atoms with E-state index in [1.165, 1.54) is 11.0 Å². The number of hydrogen-bond acceptors (Lipinski definition) is 5. The second-order valence-electron chi connectivity index (χ2n) is 4.88. The second-order valence-corrected chi connectivity index (χ2v) is 4.88. The van der Waals surface area contributed by atoms with Gasteiger partial charge in [-0.15, -0.1) is 5.10 Å². The van der Waals surface area contributed by atoms with Crippen LogP contribution in [0.2, 0.25) is 0 Å². The topological polar surface area (TPSA) is 115 Å². The van der Waals surface area contributed by atoms with Gasteiger partial charge in [-0.3, -0.25) is 9.59 Å². The molecule has 0 aliphatic carbocycles. The highest BCUT2D eigenvalue weighted by atomic mass is 16.2. The number of nitrogens with one attached hydrogen (secondary N) is 2. The van der Waals surface area contributed by atoms with Crippen LogP contribution in [0.25, 0.3) is 0 Å². The lowest BCUT2D eigenvalue weighted by atomic mass is 10.1. The van der Waals surface area contributed by atoms with Crippen molar-refractivity contribution in [2.45, 2.75) is 32.9 Å². The Hall–Kier alpha value is -2.12. The van der Waals surface area contributed by atoms with Crippen molar-refractivity contribution in [1.82, 2.24) is 25.4 Å². The van der Waals surface area contributed by atoms with E-state index in [1.54, 1.807) is 0 Å².